The maximum Gasteiger partial charge on any atom is 0.238 e. The number of nitrogens with zero attached hydrogens (tertiary/aromatic N) is 1. The van der Waals surface area contributed by atoms with Crippen molar-refractivity contribution in [2.75, 3.05) is 25.5 Å². The van der Waals surface area contributed by atoms with Gasteiger partial charge in [0, 0.05) is 23.5 Å². The van der Waals surface area contributed by atoms with Gasteiger partial charge in [0.05, 0.1) is 30.0 Å². The van der Waals surface area contributed by atoms with Crippen molar-refractivity contribution in [2.24, 2.45) is 5.92 Å². The molecule has 5 nitrogen and oxygen atoms in total. The molecule has 7 heteroatoms. The normalized spacial score (nSPS) is 26.2. The van der Waals surface area contributed by atoms with Crippen LogP contribution in [0.5, 0.6) is 5.75 Å². The summed E-state index contributed by atoms with van der Waals surface area (Å²) in [5, 5.41) is 15.2. The van der Waals surface area contributed by atoms with Gasteiger partial charge in [-0.1, -0.05) is 48.2 Å². The summed E-state index contributed by atoms with van der Waals surface area (Å²) in [4.78, 5) is 15.1. The molecule has 1 amide bonds. The van der Waals surface area contributed by atoms with E-state index < -0.39 is 5.60 Å². The molecule has 0 bridgehead atoms. The molecular formula is C24H28Cl2N2O3. The molecule has 0 unspecified atom stereocenters. The Morgan fingerprint density at radius 1 is 1.19 bits per heavy atom. The van der Waals surface area contributed by atoms with Gasteiger partial charge in [-0.15, -0.1) is 0 Å². The molecule has 1 heterocycles. The molecule has 0 radical (unpaired) electrons. The van der Waals surface area contributed by atoms with Gasteiger partial charge in [-0.2, -0.15) is 0 Å². The highest BCUT2D eigenvalue weighted by Gasteiger charge is 2.49. The van der Waals surface area contributed by atoms with Crippen molar-refractivity contribution in [1.29, 1.82) is 0 Å². The molecule has 2 aromatic rings. The minimum atomic E-state index is -0.671. The van der Waals surface area contributed by atoms with Crippen LogP contribution in [0, 0.1) is 5.92 Å². The Balaban J connectivity index is 1.57. The molecule has 0 spiro atoms. The van der Waals surface area contributed by atoms with E-state index in [0.717, 1.165) is 37.0 Å². The molecule has 0 aromatic heterocycles. The number of nitrogens with one attached hydrogen (secondary N) is 1. The number of anilines is 1. The first-order valence-electron chi connectivity index (χ1n) is 10.7. The highest BCUT2D eigenvalue weighted by atomic mass is 35.5. The van der Waals surface area contributed by atoms with Crippen LogP contribution in [0.15, 0.2) is 42.5 Å². The lowest BCUT2D eigenvalue weighted by Crippen LogP contribution is -2.56. The average Bonchev–Trinajstić information content (AvgIpc) is 2.76. The Morgan fingerprint density at radius 3 is 2.68 bits per heavy atom. The van der Waals surface area contributed by atoms with E-state index in [2.05, 4.69) is 10.2 Å². The highest BCUT2D eigenvalue weighted by Crippen LogP contribution is 2.49. The van der Waals surface area contributed by atoms with Crippen molar-refractivity contribution in [3.63, 3.8) is 0 Å². The number of amides is 1. The Labute approximate surface area is 193 Å². The van der Waals surface area contributed by atoms with Gasteiger partial charge >= 0.3 is 0 Å². The number of benzene rings is 2. The third-order valence-corrected chi connectivity index (χ3v) is 7.23. The fourth-order valence-electron chi connectivity index (χ4n) is 5.13. The largest absolute Gasteiger partial charge is 0.497 e. The van der Waals surface area contributed by atoms with Crippen LogP contribution < -0.4 is 10.1 Å². The zero-order chi connectivity index (χ0) is 22.0. The van der Waals surface area contributed by atoms with Crippen LogP contribution >= 0.6 is 23.2 Å². The number of ether oxygens (including phenoxy) is 1. The molecule has 3 atom stereocenters. The number of carbonyl (C=O) groups excluding carboxylic acids is 1. The van der Waals surface area contributed by atoms with E-state index in [4.69, 9.17) is 27.9 Å². The van der Waals surface area contributed by atoms with Crippen molar-refractivity contribution in [1.82, 2.24) is 4.90 Å². The van der Waals surface area contributed by atoms with E-state index >= 15 is 0 Å². The summed E-state index contributed by atoms with van der Waals surface area (Å²) in [5.41, 5.74) is 0.973. The molecule has 1 saturated heterocycles. The van der Waals surface area contributed by atoms with Gasteiger partial charge in [-0.25, -0.2) is 0 Å². The molecule has 2 aliphatic rings. The lowest BCUT2D eigenvalue weighted by molar-refractivity contribution is -0.135. The first-order valence-corrected chi connectivity index (χ1v) is 11.5. The predicted molar refractivity (Wildman–Crippen MR) is 124 cm³/mol. The maximum absolute atomic E-state index is 12.9. The van der Waals surface area contributed by atoms with E-state index in [1.807, 2.05) is 24.3 Å². The summed E-state index contributed by atoms with van der Waals surface area (Å²) in [6, 6.07) is 13.0. The average molecular weight is 463 g/mol. The van der Waals surface area contributed by atoms with Crippen molar-refractivity contribution >= 4 is 34.8 Å². The number of methoxy groups -OCH3 is 1. The molecular weight excluding hydrogens is 435 g/mol. The van der Waals surface area contributed by atoms with Gasteiger partial charge in [-0.05, 0) is 55.2 Å². The summed E-state index contributed by atoms with van der Waals surface area (Å²) in [6.45, 7) is 0.883. The minimum Gasteiger partial charge on any atom is -0.497 e. The monoisotopic (exact) mass is 462 g/mol. The number of piperidine rings is 1. The minimum absolute atomic E-state index is 0.0311. The quantitative estimate of drug-likeness (QED) is 0.631. The van der Waals surface area contributed by atoms with Crippen molar-refractivity contribution in [2.45, 2.75) is 43.7 Å². The standard InChI is InChI=1S/C24H28Cl2N2O3/c1-31-18-8-5-16(6-9-18)23-19-4-2-3-11-24(19,30)12-13-28(23)15-22(29)27-21-10-7-17(25)14-20(21)26/h5-10,14,19,23,30H,2-4,11-13,15H2,1H3,(H,27,29)/t19-,23-,24+/m1/s1. The first kappa shape index (κ1) is 22.4. The van der Waals surface area contributed by atoms with E-state index in [1.54, 1.807) is 25.3 Å². The van der Waals surface area contributed by atoms with Gasteiger partial charge in [0.25, 0.3) is 0 Å². The third kappa shape index (κ3) is 4.85. The zero-order valence-electron chi connectivity index (χ0n) is 17.6. The zero-order valence-corrected chi connectivity index (χ0v) is 19.1. The van der Waals surface area contributed by atoms with Crippen LogP contribution in [0.1, 0.15) is 43.7 Å². The van der Waals surface area contributed by atoms with E-state index in [0.29, 0.717) is 28.7 Å². The van der Waals surface area contributed by atoms with Crippen LogP contribution in [0.3, 0.4) is 0 Å². The Bertz CT molecular complexity index is 937. The number of hydrogen-bond donors (Lipinski definition) is 2. The summed E-state index contributed by atoms with van der Waals surface area (Å²) in [5.74, 6) is 0.749. The third-order valence-electron chi connectivity index (χ3n) is 6.68. The Kier molecular flexibility index (Phi) is 6.77. The number of hydrogen-bond acceptors (Lipinski definition) is 4. The fourth-order valence-corrected chi connectivity index (χ4v) is 5.58. The molecule has 1 saturated carbocycles. The van der Waals surface area contributed by atoms with Crippen molar-refractivity contribution < 1.29 is 14.6 Å². The summed E-state index contributed by atoms with van der Waals surface area (Å²) >= 11 is 12.2. The van der Waals surface area contributed by atoms with E-state index in [-0.39, 0.29) is 24.4 Å². The van der Waals surface area contributed by atoms with Gasteiger partial charge in [0.1, 0.15) is 5.75 Å². The number of halogens is 2. The lowest BCUT2D eigenvalue weighted by Gasteiger charge is -2.52. The van der Waals surface area contributed by atoms with Crippen LogP contribution in [0.4, 0.5) is 5.69 Å². The number of aliphatic hydroxyl groups is 1. The molecule has 2 N–H and O–H groups in total. The van der Waals surface area contributed by atoms with Crippen LogP contribution in [-0.2, 0) is 4.79 Å². The molecule has 2 aromatic carbocycles. The van der Waals surface area contributed by atoms with Crippen LogP contribution in [-0.4, -0.2) is 41.7 Å². The van der Waals surface area contributed by atoms with Gasteiger partial charge < -0.3 is 15.2 Å². The van der Waals surface area contributed by atoms with E-state index in [1.165, 1.54) is 0 Å². The highest BCUT2D eigenvalue weighted by molar-refractivity contribution is 6.36. The summed E-state index contributed by atoms with van der Waals surface area (Å²) in [6.07, 6.45) is 4.61. The Morgan fingerprint density at radius 2 is 1.97 bits per heavy atom. The predicted octanol–water partition coefficient (Wildman–Crippen LogP) is 5.31. The van der Waals surface area contributed by atoms with E-state index in [9.17, 15) is 9.90 Å². The number of likely N-dealkylation sites (tertiary alicyclic amines) is 1. The fraction of sp³-hybridized carbons (Fsp3) is 0.458. The molecule has 2 fully saturated rings. The smallest absolute Gasteiger partial charge is 0.238 e. The molecule has 166 valence electrons. The molecule has 1 aliphatic carbocycles. The molecule has 1 aliphatic heterocycles. The van der Waals surface area contributed by atoms with Crippen LogP contribution in [0.25, 0.3) is 0 Å². The number of rotatable bonds is 5. The lowest BCUT2D eigenvalue weighted by atomic mass is 9.66. The van der Waals surface area contributed by atoms with Gasteiger partial charge in [0.15, 0.2) is 0 Å². The second-order valence-corrected chi connectivity index (χ2v) is 9.41. The number of fused-ring (bicyclic) bond motifs is 1. The number of carbonyl (C=O) groups is 1. The first-order chi connectivity index (χ1) is 14.9. The maximum atomic E-state index is 12.9. The summed E-state index contributed by atoms with van der Waals surface area (Å²) in [7, 11) is 1.65. The second-order valence-electron chi connectivity index (χ2n) is 8.57. The van der Waals surface area contributed by atoms with Crippen molar-refractivity contribution in [3.05, 3.63) is 58.1 Å². The summed E-state index contributed by atoms with van der Waals surface area (Å²) < 4.78 is 5.31. The van der Waals surface area contributed by atoms with Gasteiger partial charge in [0.2, 0.25) is 5.91 Å². The SMILES string of the molecule is COc1ccc([C@@H]2[C@H]3CCCC[C@]3(O)CCN2CC(=O)Nc2ccc(Cl)cc2Cl)cc1. The molecule has 31 heavy (non-hydrogen) atoms. The Hall–Kier alpha value is -1.79. The van der Waals surface area contributed by atoms with Gasteiger partial charge in [-0.3, -0.25) is 9.69 Å². The second kappa shape index (κ2) is 9.37. The van der Waals surface area contributed by atoms with Crippen molar-refractivity contribution in [3.8, 4) is 5.75 Å². The molecule has 4 rings (SSSR count). The topological polar surface area (TPSA) is 61.8 Å². The van der Waals surface area contributed by atoms with Crippen LogP contribution in [0.2, 0.25) is 10.0 Å².